The van der Waals surface area contributed by atoms with Gasteiger partial charge in [-0.25, -0.2) is 9.78 Å². The number of carboxylic acid groups (broad SMARTS) is 1. The van der Waals surface area contributed by atoms with Crippen LogP contribution in [0.2, 0.25) is 5.15 Å². The van der Waals surface area contributed by atoms with E-state index in [0.717, 1.165) is 10.0 Å². The molecule has 6 heteroatoms. The summed E-state index contributed by atoms with van der Waals surface area (Å²) in [6, 6.07) is 1.85. The molecule has 0 aliphatic rings. The summed E-state index contributed by atoms with van der Waals surface area (Å²) >= 11 is 9.20. The van der Waals surface area contributed by atoms with Gasteiger partial charge in [0.05, 0.1) is 0 Å². The smallest absolute Gasteiger partial charge is 0.357 e. The molecular weight excluding hydrogens is 283 g/mol. The molecule has 0 saturated heterocycles. The predicted molar refractivity (Wildman–Crippen MR) is 59.6 cm³/mol. The maximum Gasteiger partial charge on any atom is 0.357 e. The van der Waals surface area contributed by atoms with E-state index in [1.165, 1.54) is 0 Å². The highest BCUT2D eigenvalue weighted by molar-refractivity contribution is 9.10. The van der Waals surface area contributed by atoms with Crippen molar-refractivity contribution in [2.24, 2.45) is 0 Å². The quantitative estimate of drug-likeness (QED) is 0.878. The van der Waals surface area contributed by atoms with Gasteiger partial charge in [-0.3, -0.25) is 4.40 Å². The Labute approximate surface area is 98.6 Å². The molecule has 0 spiro atoms. The zero-order chi connectivity index (χ0) is 11.2. The van der Waals surface area contributed by atoms with E-state index >= 15 is 0 Å². The first-order chi connectivity index (χ1) is 7.00. The van der Waals surface area contributed by atoms with Crippen LogP contribution in [0.4, 0.5) is 0 Å². The fraction of sp³-hybridized carbons (Fsp3) is 0.111. The van der Waals surface area contributed by atoms with Gasteiger partial charge in [0.1, 0.15) is 10.8 Å². The van der Waals surface area contributed by atoms with Crippen LogP contribution in [0.1, 0.15) is 16.1 Å². The summed E-state index contributed by atoms with van der Waals surface area (Å²) < 4.78 is 2.37. The molecule has 0 atom stereocenters. The van der Waals surface area contributed by atoms with Crippen LogP contribution in [0, 0.1) is 6.92 Å². The SMILES string of the molecule is Cc1cc(Br)cn2c(Cl)c(C(=O)O)nc12. The number of fused-ring (bicyclic) bond motifs is 1. The van der Waals surface area contributed by atoms with Gasteiger partial charge in [-0.2, -0.15) is 0 Å². The van der Waals surface area contributed by atoms with Crippen LogP contribution in [0.15, 0.2) is 16.7 Å². The molecule has 0 bridgehead atoms. The zero-order valence-electron chi connectivity index (χ0n) is 7.66. The monoisotopic (exact) mass is 288 g/mol. The Morgan fingerprint density at radius 2 is 2.33 bits per heavy atom. The van der Waals surface area contributed by atoms with Crippen molar-refractivity contribution in [2.75, 3.05) is 0 Å². The summed E-state index contributed by atoms with van der Waals surface area (Å²) in [5.41, 5.74) is 1.29. The van der Waals surface area contributed by atoms with E-state index in [-0.39, 0.29) is 10.8 Å². The van der Waals surface area contributed by atoms with Gasteiger partial charge in [0.2, 0.25) is 0 Å². The van der Waals surface area contributed by atoms with Gasteiger partial charge in [0.25, 0.3) is 0 Å². The predicted octanol–water partition coefficient (Wildman–Crippen LogP) is 2.76. The summed E-state index contributed by atoms with van der Waals surface area (Å²) in [6.07, 6.45) is 1.68. The van der Waals surface area contributed by atoms with Gasteiger partial charge in [-0.15, -0.1) is 0 Å². The molecule has 0 radical (unpaired) electrons. The van der Waals surface area contributed by atoms with Gasteiger partial charge in [0, 0.05) is 10.7 Å². The molecule has 78 valence electrons. The third-order valence-electron chi connectivity index (χ3n) is 2.01. The van der Waals surface area contributed by atoms with Crippen molar-refractivity contribution in [1.82, 2.24) is 9.38 Å². The van der Waals surface area contributed by atoms with Crippen LogP contribution >= 0.6 is 27.5 Å². The molecule has 4 nitrogen and oxygen atoms in total. The van der Waals surface area contributed by atoms with Crippen LogP contribution in [0.25, 0.3) is 5.65 Å². The Morgan fingerprint density at radius 1 is 1.67 bits per heavy atom. The van der Waals surface area contributed by atoms with E-state index in [1.807, 2.05) is 13.0 Å². The van der Waals surface area contributed by atoms with Crippen LogP contribution in [-0.4, -0.2) is 20.5 Å². The Balaban J connectivity index is 2.88. The summed E-state index contributed by atoms with van der Waals surface area (Å²) in [4.78, 5) is 14.8. The molecule has 0 unspecified atom stereocenters. The number of pyridine rings is 1. The highest BCUT2D eigenvalue weighted by Crippen LogP contribution is 2.23. The van der Waals surface area contributed by atoms with Gasteiger partial charge in [-0.1, -0.05) is 11.6 Å². The maximum absolute atomic E-state index is 10.8. The Hall–Kier alpha value is -1.07. The number of imidazole rings is 1. The van der Waals surface area contributed by atoms with Crippen molar-refractivity contribution in [3.63, 3.8) is 0 Å². The summed E-state index contributed by atoms with van der Waals surface area (Å²) in [6.45, 7) is 1.84. The summed E-state index contributed by atoms with van der Waals surface area (Å²) in [5.74, 6) is -1.13. The Bertz CT molecular complexity index is 565. The third kappa shape index (κ3) is 1.61. The first kappa shape index (κ1) is 10.4. The molecule has 0 fully saturated rings. The second-order valence-electron chi connectivity index (χ2n) is 3.09. The Morgan fingerprint density at radius 3 is 2.93 bits per heavy atom. The van der Waals surface area contributed by atoms with Crippen molar-refractivity contribution in [3.8, 4) is 0 Å². The zero-order valence-corrected chi connectivity index (χ0v) is 10.0. The molecule has 0 aliphatic heterocycles. The summed E-state index contributed by atoms with van der Waals surface area (Å²) in [5, 5.41) is 8.97. The van der Waals surface area contributed by atoms with Crippen molar-refractivity contribution in [3.05, 3.63) is 33.1 Å². The van der Waals surface area contributed by atoms with E-state index < -0.39 is 5.97 Å². The molecule has 1 N–H and O–H groups in total. The number of carbonyl (C=O) groups is 1. The first-order valence-corrected chi connectivity index (χ1v) is 5.25. The average Bonchev–Trinajstić information content (AvgIpc) is 2.44. The fourth-order valence-electron chi connectivity index (χ4n) is 1.38. The van der Waals surface area contributed by atoms with Crippen LogP contribution in [0.5, 0.6) is 0 Å². The van der Waals surface area contributed by atoms with Crippen LogP contribution < -0.4 is 0 Å². The number of aryl methyl sites for hydroxylation is 1. The first-order valence-electron chi connectivity index (χ1n) is 4.07. The second-order valence-corrected chi connectivity index (χ2v) is 4.37. The lowest BCUT2D eigenvalue weighted by molar-refractivity contribution is 0.0691. The number of halogens is 2. The third-order valence-corrected chi connectivity index (χ3v) is 2.81. The molecule has 2 heterocycles. The van der Waals surface area contributed by atoms with Crippen molar-refractivity contribution >= 4 is 39.1 Å². The molecular formula is C9H6BrClN2O2. The molecule has 2 rings (SSSR count). The van der Waals surface area contributed by atoms with Crippen molar-refractivity contribution in [1.29, 1.82) is 0 Å². The van der Waals surface area contributed by atoms with E-state index in [2.05, 4.69) is 20.9 Å². The van der Waals surface area contributed by atoms with E-state index in [1.54, 1.807) is 10.6 Å². The second kappa shape index (κ2) is 3.50. The lowest BCUT2D eigenvalue weighted by atomic mass is 10.3. The number of aromatic nitrogens is 2. The fourth-order valence-corrected chi connectivity index (χ4v) is 2.18. The number of carboxylic acids is 1. The number of aromatic carboxylic acids is 1. The van der Waals surface area contributed by atoms with Gasteiger partial charge < -0.3 is 5.11 Å². The molecule has 2 aromatic rings. The Kier molecular flexibility index (Phi) is 2.44. The minimum atomic E-state index is -1.13. The summed E-state index contributed by atoms with van der Waals surface area (Å²) in [7, 11) is 0. The van der Waals surface area contributed by atoms with Gasteiger partial charge in [0.15, 0.2) is 5.69 Å². The van der Waals surface area contributed by atoms with Crippen molar-refractivity contribution < 1.29 is 9.90 Å². The number of hydrogen-bond donors (Lipinski definition) is 1. The van der Waals surface area contributed by atoms with E-state index in [0.29, 0.717) is 5.65 Å². The highest BCUT2D eigenvalue weighted by atomic mass is 79.9. The molecule has 0 aromatic carbocycles. The minimum absolute atomic E-state index is 0.113. The number of rotatable bonds is 1. The average molecular weight is 290 g/mol. The van der Waals surface area contributed by atoms with E-state index in [4.69, 9.17) is 16.7 Å². The topological polar surface area (TPSA) is 54.6 Å². The molecule has 0 amide bonds. The molecule has 0 saturated carbocycles. The standard InChI is InChI=1S/C9H6BrClN2O2/c1-4-2-5(10)3-13-7(11)6(9(14)15)12-8(4)13/h2-3H,1H3,(H,14,15). The number of nitrogens with zero attached hydrogens (tertiary/aromatic N) is 2. The van der Waals surface area contributed by atoms with E-state index in [9.17, 15) is 4.79 Å². The van der Waals surface area contributed by atoms with Crippen molar-refractivity contribution in [2.45, 2.75) is 6.92 Å². The highest BCUT2D eigenvalue weighted by Gasteiger charge is 2.17. The lowest BCUT2D eigenvalue weighted by Gasteiger charge is -1.99. The van der Waals surface area contributed by atoms with Crippen LogP contribution in [-0.2, 0) is 0 Å². The largest absolute Gasteiger partial charge is 0.476 e. The molecule has 2 aromatic heterocycles. The maximum atomic E-state index is 10.8. The molecule has 15 heavy (non-hydrogen) atoms. The minimum Gasteiger partial charge on any atom is -0.476 e. The lowest BCUT2D eigenvalue weighted by Crippen LogP contribution is -1.96. The molecule has 0 aliphatic carbocycles. The van der Waals surface area contributed by atoms with Gasteiger partial charge >= 0.3 is 5.97 Å². The normalized spacial score (nSPS) is 10.9. The number of hydrogen-bond acceptors (Lipinski definition) is 2. The van der Waals surface area contributed by atoms with Crippen LogP contribution in [0.3, 0.4) is 0 Å². The van der Waals surface area contributed by atoms with Gasteiger partial charge in [-0.05, 0) is 34.5 Å².